The van der Waals surface area contributed by atoms with Crippen LogP contribution in [0.5, 0.6) is 0 Å². The van der Waals surface area contributed by atoms with Gasteiger partial charge in [0.25, 0.3) is 0 Å². The lowest BCUT2D eigenvalue weighted by molar-refractivity contribution is -0.861. The second-order valence-electron chi connectivity index (χ2n) is 8.11. The van der Waals surface area contributed by atoms with Crippen molar-refractivity contribution in [3.63, 3.8) is 0 Å². The molecule has 0 spiro atoms. The third-order valence-corrected chi connectivity index (χ3v) is 5.39. The van der Waals surface area contributed by atoms with Crippen molar-refractivity contribution in [1.29, 1.82) is 0 Å². The van der Waals surface area contributed by atoms with Crippen molar-refractivity contribution in [2.75, 3.05) is 27.2 Å². The molecule has 0 amide bonds. The first kappa shape index (κ1) is 19.9. The van der Waals surface area contributed by atoms with Crippen LogP contribution in [0.15, 0.2) is 30.3 Å². The van der Waals surface area contributed by atoms with Crippen molar-refractivity contribution < 1.29 is 19.2 Å². The fourth-order valence-electron chi connectivity index (χ4n) is 4.03. The Kier molecular flexibility index (Phi) is 6.64. The van der Waals surface area contributed by atoms with Crippen LogP contribution in [-0.4, -0.2) is 44.9 Å². The average Bonchev–Trinajstić information content (AvgIpc) is 2.54. The third kappa shape index (κ3) is 5.29. The number of ether oxygens (including phenoxy) is 2. The second kappa shape index (κ2) is 8.33. The lowest BCUT2D eigenvalue weighted by Gasteiger charge is -2.46. The number of esters is 1. The smallest absolute Gasteiger partial charge is 0.307 e. The van der Waals surface area contributed by atoms with E-state index in [1.807, 2.05) is 13.0 Å². The van der Waals surface area contributed by atoms with Crippen LogP contribution in [0.1, 0.15) is 52.0 Å². The zero-order chi connectivity index (χ0) is 18.5. The summed E-state index contributed by atoms with van der Waals surface area (Å²) in [7, 11) is 4.14. The number of carbonyl (C=O) groups is 1. The summed E-state index contributed by atoms with van der Waals surface area (Å²) in [5, 5.41) is 0. The summed E-state index contributed by atoms with van der Waals surface area (Å²) in [6, 6.07) is 10.4. The molecule has 0 aliphatic carbocycles. The van der Waals surface area contributed by atoms with E-state index < -0.39 is 0 Å². The van der Waals surface area contributed by atoms with Crippen molar-refractivity contribution in [3.05, 3.63) is 35.9 Å². The molecule has 2 rings (SSSR count). The molecule has 140 valence electrons. The van der Waals surface area contributed by atoms with Gasteiger partial charge in [-0.3, -0.25) is 4.79 Å². The van der Waals surface area contributed by atoms with E-state index in [2.05, 4.69) is 52.2 Å². The standard InChI is InChI=1S/C21H33NO3/c1-6-20(3)16-21(12-13-24-20,18-10-8-7-9-11-18)14-19(23)25-17(2)15-22(4)5/h7-11,17H,6,12-16H2,1-5H3/p+1/t17-,20-,21-/m0/s1. The number of nitrogens with one attached hydrogen (secondary N) is 1. The van der Waals surface area contributed by atoms with Crippen LogP contribution in [0.2, 0.25) is 0 Å². The van der Waals surface area contributed by atoms with Crippen LogP contribution < -0.4 is 4.90 Å². The van der Waals surface area contributed by atoms with E-state index in [4.69, 9.17) is 9.47 Å². The maximum Gasteiger partial charge on any atom is 0.307 e. The largest absolute Gasteiger partial charge is 0.457 e. The molecule has 1 aliphatic rings. The Bertz CT molecular complexity index is 560. The molecule has 4 heteroatoms. The fraction of sp³-hybridized carbons (Fsp3) is 0.667. The number of carbonyl (C=O) groups excluding carboxylic acids is 1. The summed E-state index contributed by atoms with van der Waals surface area (Å²) < 4.78 is 11.8. The van der Waals surface area contributed by atoms with Gasteiger partial charge in [0.2, 0.25) is 0 Å². The van der Waals surface area contributed by atoms with Crippen LogP contribution in [0.25, 0.3) is 0 Å². The van der Waals surface area contributed by atoms with E-state index >= 15 is 0 Å². The lowest BCUT2D eigenvalue weighted by Crippen LogP contribution is -3.07. The first-order valence-electron chi connectivity index (χ1n) is 9.47. The van der Waals surface area contributed by atoms with Gasteiger partial charge in [0, 0.05) is 12.0 Å². The molecule has 0 bridgehead atoms. The van der Waals surface area contributed by atoms with Crippen molar-refractivity contribution in [1.82, 2.24) is 0 Å². The molecule has 4 nitrogen and oxygen atoms in total. The molecule has 1 fully saturated rings. The van der Waals surface area contributed by atoms with Crippen LogP contribution in [-0.2, 0) is 19.7 Å². The first-order chi connectivity index (χ1) is 11.8. The number of hydrogen-bond acceptors (Lipinski definition) is 3. The Hall–Kier alpha value is -1.39. The number of benzene rings is 1. The Morgan fingerprint density at radius 1 is 1.32 bits per heavy atom. The van der Waals surface area contributed by atoms with Gasteiger partial charge in [-0.2, -0.15) is 0 Å². The molecule has 1 aliphatic heterocycles. The maximum absolute atomic E-state index is 12.7. The number of hydrogen-bond donors (Lipinski definition) is 1. The monoisotopic (exact) mass is 348 g/mol. The molecule has 25 heavy (non-hydrogen) atoms. The number of quaternary nitrogens is 1. The van der Waals surface area contributed by atoms with Gasteiger partial charge in [-0.15, -0.1) is 0 Å². The van der Waals surface area contributed by atoms with Crippen molar-refractivity contribution in [3.8, 4) is 0 Å². The van der Waals surface area contributed by atoms with E-state index in [1.165, 1.54) is 10.5 Å². The van der Waals surface area contributed by atoms with Gasteiger partial charge in [0.05, 0.1) is 26.1 Å². The predicted molar refractivity (Wildman–Crippen MR) is 99.9 cm³/mol. The maximum atomic E-state index is 12.7. The Balaban J connectivity index is 2.20. The minimum absolute atomic E-state index is 0.0669. The van der Waals surface area contributed by atoms with E-state index in [-0.39, 0.29) is 23.1 Å². The highest BCUT2D eigenvalue weighted by molar-refractivity contribution is 5.72. The second-order valence-corrected chi connectivity index (χ2v) is 8.11. The molecule has 1 aromatic carbocycles. The van der Waals surface area contributed by atoms with Crippen molar-refractivity contribution in [2.45, 2.75) is 63.6 Å². The van der Waals surface area contributed by atoms with Crippen LogP contribution in [0.3, 0.4) is 0 Å². The van der Waals surface area contributed by atoms with Gasteiger partial charge >= 0.3 is 5.97 Å². The van der Waals surface area contributed by atoms with Crippen LogP contribution in [0, 0.1) is 0 Å². The van der Waals surface area contributed by atoms with Gasteiger partial charge in [-0.1, -0.05) is 37.3 Å². The summed E-state index contributed by atoms with van der Waals surface area (Å²) in [6.07, 6.45) is 3.00. The molecular formula is C21H34NO3+. The van der Waals surface area contributed by atoms with Crippen LogP contribution in [0.4, 0.5) is 0 Å². The SMILES string of the molecule is CC[C@@]1(C)C[C@](CC(=O)O[C@@H](C)C[NH+](C)C)(c2ccccc2)CCO1. The van der Waals surface area contributed by atoms with Crippen LogP contribution >= 0.6 is 0 Å². The normalized spacial score (nSPS) is 27.9. The van der Waals surface area contributed by atoms with Gasteiger partial charge < -0.3 is 14.4 Å². The third-order valence-electron chi connectivity index (χ3n) is 5.39. The molecule has 0 unspecified atom stereocenters. The molecule has 0 saturated carbocycles. The van der Waals surface area contributed by atoms with Gasteiger partial charge in [-0.25, -0.2) is 0 Å². The van der Waals surface area contributed by atoms with Gasteiger partial charge in [0.1, 0.15) is 12.6 Å². The molecule has 1 heterocycles. The molecule has 3 atom stereocenters. The van der Waals surface area contributed by atoms with E-state index in [0.717, 1.165) is 25.8 Å². The lowest BCUT2D eigenvalue weighted by atomic mass is 9.66. The highest BCUT2D eigenvalue weighted by Crippen LogP contribution is 2.45. The van der Waals surface area contributed by atoms with Crippen molar-refractivity contribution in [2.24, 2.45) is 0 Å². The Labute approximate surface area is 152 Å². The molecule has 1 aromatic rings. The van der Waals surface area contributed by atoms with E-state index in [9.17, 15) is 4.79 Å². The molecule has 1 saturated heterocycles. The summed E-state index contributed by atoms with van der Waals surface area (Å²) in [6.45, 7) is 7.79. The summed E-state index contributed by atoms with van der Waals surface area (Å²) in [5.41, 5.74) is 0.834. The minimum Gasteiger partial charge on any atom is -0.457 e. The molecule has 0 radical (unpaired) electrons. The highest BCUT2D eigenvalue weighted by Gasteiger charge is 2.45. The number of rotatable bonds is 7. The first-order valence-corrected chi connectivity index (χ1v) is 9.47. The van der Waals surface area contributed by atoms with Gasteiger partial charge in [-0.05, 0) is 38.7 Å². The Morgan fingerprint density at radius 2 is 2.00 bits per heavy atom. The van der Waals surface area contributed by atoms with E-state index in [1.54, 1.807) is 0 Å². The number of likely N-dealkylation sites (N-methyl/N-ethyl adjacent to an activating group) is 1. The quantitative estimate of drug-likeness (QED) is 0.769. The van der Waals surface area contributed by atoms with E-state index in [0.29, 0.717) is 13.0 Å². The Morgan fingerprint density at radius 3 is 2.60 bits per heavy atom. The minimum atomic E-state index is -0.202. The zero-order valence-corrected chi connectivity index (χ0v) is 16.4. The molecule has 1 N–H and O–H groups in total. The topological polar surface area (TPSA) is 40.0 Å². The summed E-state index contributed by atoms with van der Waals surface area (Å²) in [5.74, 6) is -0.0991. The summed E-state index contributed by atoms with van der Waals surface area (Å²) in [4.78, 5) is 14.0. The predicted octanol–water partition coefficient (Wildman–Crippen LogP) is 2.37. The average molecular weight is 349 g/mol. The highest BCUT2D eigenvalue weighted by atomic mass is 16.5. The summed E-state index contributed by atoms with van der Waals surface area (Å²) >= 11 is 0. The van der Waals surface area contributed by atoms with Gasteiger partial charge in [0.15, 0.2) is 0 Å². The van der Waals surface area contributed by atoms with Crippen molar-refractivity contribution >= 4 is 5.97 Å². The zero-order valence-electron chi connectivity index (χ0n) is 16.4. The fourth-order valence-corrected chi connectivity index (χ4v) is 4.03. The molecular weight excluding hydrogens is 314 g/mol. The molecule has 0 aromatic heterocycles.